The first kappa shape index (κ1) is 60.6. The van der Waals surface area contributed by atoms with Gasteiger partial charge in [0.1, 0.15) is 13.2 Å². The second-order valence-electron chi connectivity index (χ2n) is 17.4. The molecule has 0 N–H and O–H groups in total. The molecule has 1 atom stereocenters. The van der Waals surface area contributed by atoms with E-state index in [9.17, 15) is 14.4 Å². The molecule has 0 rings (SSSR count). The summed E-state index contributed by atoms with van der Waals surface area (Å²) in [5.74, 6) is -0.988. The third kappa shape index (κ3) is 49.6. The van der Waals surface area contributed by atoms with Gasteiger partial charge in [-0.2, -0.15) is 0 Å². The molecule has 0 saturated heterocycles. The molecule has 0 fully saturated rings. The van der Waals surface area contributed by atoms with Crippen molar-refractivity contribution >= 4 is 17.9 Å². The van der Waals surface area contributed by atoms with Crippen molar-refractivity contribution in [3.63, 3.8) is 0 Å². The SMILES string of the molecule is CC/C=C\C/C=C\C/C=C\C/C=C\C/C=C\CCCC(=O)OCC(COC(=O)CCCCC/C=C\CCCCCCCC)OC(=O)CCCCCCC/C=C\CCCCCCCCC. The summed E-state index contributed by atoms with van der Waals surface area (Å²) in [5, 5.41) is 0. The van der Waals surface area contributed by atoms with Crippen LogP contribution in [0.5, 0.6) is 0 Å². The molecular weight excluding hydrogens is 793 g/mol. The number of allylic oxidation sites excluding steroid dienone is 14. The molecule has 64 heavy (non-hydrogen) atoms. The lowest BCUT2D eigenvalue weighted by Gasteiger charge is -2.18. The Hall–Kier alpha value is -3.41. The molecule has 0 amide bonds. The monoisotopic (exact) mass is 891 g/mol. The number of ether oxygens (including phenoxy) is 3. The largest absolute Gasteiger partial charge is 0.462 e. The van der Waals surface area contributed by atoms with Gasteiger partial charge < -0.3 is 14.2 Å². The maximum atomic E-state index is 12.8. The molecule has 0 saturated carbocycles. The summed E-state index contributed by atoms with van der Waals surface area (Å²) in [5.41, 5.74) is 0. The highest BCUT2D eigenvalue weighted by atomic mass is 16.6. The van der Waals surface area contributed by atoms with E-state index >= 15 is 0 Å². The van der Waals surface area contributed by atoms with Crippen LogP contribution in [0.4, 0.5) is 0 Å². The van der Waals surface area contributed by atoms with Crippen molar-refractivity contribution in [2.45, 2.75) is 252 Å². The van der Waals surface area contributed by atoms with Crippen molar-refractivity contribution < 1.29 is 28.6 Å². The van der Waals surface area contributed by atoms with Crippen LogP contribution in [0.3, 0.4) is 0 Å². The average Bonchev–Trinajstić information content (AvgIpc) is 3.29. The smallest absolute Gasteiger partial charge is 0.306 e. The van der Waals surface area contributed by atoms with Crippen molar-refractivity contribution in [2.75, 3.05) is 13.2 Å². The predicted molar refractivity (Wildman–Crippen MR) is 274 cm³/mol. The van der Waals surface area contributed by atoms with Crippen LogP contribution >= 0.6 is 0 Å². The summed E-state index contributed by atoms with van der Waals surface area (Å²) in [4.78, 5) is 38.0. The molecule has 0 aliphatic carbocycles. The topological polar surface area (TPSA) is 78.9 Å². The molecule has 0 aromatic carbocycles. The average molecular weight is 891 g/mol. The molecule has 0 radical (unpaired) electrons. The quantitative estimate of drug-likeness (QED) is 0.0262. The fourth-order valence-corrected chi connectivity index (χ4v) is 7.11. The van der Waals surface area contributed by atoms with E-state index in [0.29, 0.717) is 19.3 Å². The molecule has 0 spiro atoms. The van der Waals surface area contributed by atoms with Crippen LogP contribution in [0, 0.1) is 0 Å². The van der Waals surface area contributed by atoms with Gasteiger partial charge in [0.25, 0.3) is 0 Å². The van der Waals surface area contributed by atoms with Crippen LogP contribution in [0.25, 0.3) is 0 Å². The Morgan fingerprint density at radius 2 is 0.625 bits per heavy atom. The summed E-state index contributed by atoms with van der Waals surface area (Å²) in [6, 6.07) is 0. The number of hydrogen-bond donors (Lipinski definition) is 0. The van der Waals surface area contributed by atoms with Crippen LogP contribution in [0.2, 0.25) is 0 Å². The summed E-state index contributed by atoms with van der Waals surface area (Å²) in [6.07, 6.45) is 67.2. The minimum Gasteiger partial charge on any atom is -0.462 e. The lowest BCUT2D eigenvalue weighted by Crippen LogP contribution is -2.30. The summed E-state index contributed by atoms with van der Waals surface area (Å²) < 4.78 is 16.7. The molecule has 0 aromatic rings. The molecule has 6 heteroatoms. The van der Waals surface area contributed by atoms with Crippen molar-refractivity contribution in [1.82, 2.24) is 0 Å². The molecular formula is C58H98O6. The number of unbranched alkanes of at least 4 members (excludes halogenated alkanes) is 22. The first-order valence-corrected chi connectivity index (χ1v) is 26.6. The van der Waals surface area contributed by atoms with E-state index in [1.54, 1.807) is 0 Å². The van der Waals surface area contributed by atoms with E-state index in [1.165, 1.54) is 96.3 Å². The zero-order chi connectivity index (χ0) is 46.5. The van der Waals surface area contributed by atoms with E-state index < -0.39 is 6.10 Å². The molecule has 6 nitrogen and oxygen atoms in total. The van der Waals surface area contributed by atoms with Gasteiger partial charge >= 0.3 is 17.9 Å². The Labute approximate surface area is 395 Å². The number of carbonyl (C=O) groups excluding carboxylic acids is 3. The van der Waals surface area contributed by atoms with Crippen LogP contribution in [0.15, 0.2) is 85.1 Å². The highest BCUT2D eigenvalue weighted by Gasteiger charge is 2.19. The van der Waals surface area contributed by atoms with Crippen LogP contribution < -0.4 is 0 Å². The van der Waals surface area contributed by atoms with E-state index in [1.807, 2.05) is 0 Å². The van der Waals surface area contributed by atoms with Crippen LogP contribution in [0.1, 0.15) is 245 Å². The molecule has 1 unspecified atom stereocenters. The number of esters is 3. The number of rotatable bonds is 47. The third-order valence-electron chi connectivity index (χ3n) is 11.1. The van der Waals surface area contributed by atoms with Gasteiger partial charge in [-0.15, -0.1) is 0 Å². The zero-order valence-corrected chi connectivity index (χ0v) is 41.8. The van der Waals surface area contributed by atoms with Gasteiger partial charge in [-0.3, -0.25) is 14.4 Å². The van der Waals surface area contributed by atoms with Crippen LogP contribution in [-0.4, -0.2) is 37.2 Å². The summed E-state index contributed by atoms with van der Waals surface area (Å²) >= 11 is 0. The summed E-state index contributed by atoms with van der Waals surface area (Å²) in [7, 11) is 0. The Bertz CT molecular complexity index is 1250. The Morgan fingerprint density at radius 1 is 0.328 bits per heavy atom. The minimum absolute atomic E-state index is 0.106. The molecule has 0 aliphatic heterocycles. The maximum Gasteiger partial charge on any atom is 0.306 e. The van der Waals surface area contributed by atoms with Crippen molar-refractivity contribution in [2.24, 2.45) is 0 Å². The second kappa shape index (κ2) is 52.2. The highest BCUT2D eigenvalue weighted by molar-refractivity contribution is 5.71. The molecule has 366 valence electrons. The molecule has 0 aromatic heterocycles. The Balaban J connectivity index is 4.51. The first-order valence-electron chi connectivity index (χ1n) is 26.6. The van der Waals surface area contributed by atoms with Gasteiger partial charge in [-0.25, -0.2) is 0 Å². The standard InChI is InChI=1S/C58H98O6/c1-4-7-10-13-16-19-22-25-27-29-31-33-36-39-42-45-48-51-57(60)63-54-55(53-62-56(59)50-47-44-41-38-35-32-24-21-18-15-12-9-6-3)64-58(61)52-49-46-43-40-37-34-30-28-26-23-20-17-14-11-8-5-2/h7,10,16,19,25,27-28,30-33,35,39,42,55H,4-6,8-9,11-15,17-18,20-24,26,29,34,36-38,40-41,43-54H2,1-3H3/b10-7-,19-16-,27-25-,30-28-,33-31-,35-32-,42-39-. The lowest BCUT2D eigenvalue weighted by molar-refractivity contribution is -0.167. The molecule has 0 bridgehead atoms. The maximum absolute atomic E-state index is 12.8. The third-order valence-corrected chi connectivity index (χ3v) is 11.1. The van der Waals surface area contributed by atoms with Crippen molar-refractivity contribution in [1.29, 1.82) is 0 Å². The summed E-state index contributed by atoms with van der Waals surface area (Å²) in [6.45, 7) is 6.44. The van der Waals surface area contributed by atoms with Gasteiger partial charge in [0.15, 0.2) is 6.10 Å². The fraction of sp³-hybridized carbons (Fsp3) is 0.707. The molecule has 0 aliphatic rings. The van der Waals surface area contributed by atoms with Gasteiger partial charge in [0, 0.05) is 19.3 Å². The first-order chi connectivity index (χ1) is 31.5. The van der Waals surface area contributed by atoms with E-state index in [0.717, 1.165) is 103 Å². The minimum atomic E-state index is -0.809. The lowest BCUT2D eigenvalue weighted by atomic mass is 10.1. The van der Waals surface area contributed by atoms with Gasteiger partial charge in [-0.1, -0.05) is 202 Å². The predicted octanol–water partition coefficient (Wildman–Crippen LogP) is 17.6. The number of carbonyl (C=O) groups is 3. The van der Waals surface area contributed by atoms with E-state index in [4.69, 9.17) is 14.2 Å². The van der Waals surface area contributed by atoms with Crippen molar-refractivity contribution in [3.8, 4) is 0 Å². The van der Waals surface area contributed by atoms with Crippen molar-refractivity contribution in [3.05, 3.63) is 85.1 Å². The zero-order valence-electron chi connectivity index (χ0n) is 41.8. The number of hydrogen-bond acceptors (Lipinski definition) is 6. The van der Waals surface area contributed by atoms with Gasteiger partial charge in [0.05, 0.1) is 0 Å². The van der Waals surface area contributed by atoms with E-state index in [2.05, 4.69) is 106 Å². The fourth-order valence-electron chi connectivity index (χ4n) is 7.11. The Morgan fingerprint density at radius 3 is 1.05 bits per heavy atom. The Kier molecular flexibility index (Phi) is 49.4. The van der Waals surface area contributed by atoms with E-state index in [-0.39, 0.29) is 37.5 Å². The van der Waals surface area contributed by atoms with Gasteiger partial charge in [0.2, 0.25) is 0 Å². The van der Waals surface area contributed by atoms with Gasteiger partial charge in [-0.05, 0) is 109 Å². The second-order valence-corrected chi connectivity index (χ2v) is 17.4. The molecule has 0 heterocycles. The van der Waals surface area contributed by atoms with Crippen LogP contribution in [-0.2, 0) is 28.6 Å². The normalized spacial score (nSPS) is 12.7. The highest BCUT2D eigenvalue weighted by Crippen LogP contribution is 2.13.